The van der Waals surface area contributed by atoms with E-state index in [1.165, 1.54) is 97.7 Å². The molecule has 1 aromatic heterocycles. The summed E-state index contributed by atoms with van der Waals surface area (Å²) in [4.78, 5) is 2.43. The molecular formula is C65H43NS. The van der Waals surface area contributed by atoms with Crippen LogP contribution in [-0.4, -0.2) is 0 Å². The van der Waals surface area contributed by atoms with Gasteiger partial charge in [-0.15, -0.1) is 11.3 Å². The quantitative estimate of drug-likeness (QED) is 0.147. The van der Waals surface area contributed by atoms with Crippen molar-refractivity contribution in [3.63, 3.8) is 0 Å². The summed E-state index contributed by atoms with van der Waals surface area (Å²) in [5.41, 5.74) is 17.8. The van der Waals surface area contributed by atoms with Gasteiger partial charge in [-0.25, -0.2) is 0 Å². The summed E-state index contributed by atoms with van der Waals surface area (Å²) in [6, 6.07) is 96.3. The van der Waals surface area contributed by atoms with E-state index in [0.717, 1.165) is 17.1 Å². The van der Waals surface area contributed by atoms with Crippen molar-refractivity contribution in [3.05, 3.63) is 283 Å². The summed E-state index contributed by atoms with van der Waals surface area (Å²) in [6.07, 6.45) is 0. The lowest BCUT2D eigenvalue weighted by Gasteiger charge is -2.34. The van der Waals surface area contributed by atoms with Gasteiger partial charge >= 0.3 is 0 Å². The van der Waals surface area contributed by atoms with Crippen LogP contribution in [-0.2, 0) is 5.41 Å². The van der Waals surface area contributed by atoms with E-state index in [4.69, 9.17) is 0 Å². The van der Waals surface area contributed by atoms with E-state index < -0.39 is 5.41 Å². The summed E-state index contributed by atoms with van der Waals surface area (Å²) in [7, 11) is 0. The Kier molecular flexibility index (Phi) is 9.33. The van der Waals surface area contributed by atoms with Gasteiger partial charge in [-0.05, 0) is 121 Å². The molecule has 11 aromatic carbocycles. The fourth-order valence-electron chi connectivity index (χ4n) is 11.0. The van der Waals surface area contributed by atoms with E-state index >= 15 is 0 Å². The van der Waals surface area contributed by atoms with Crippen molar-refractivity contribution in [1.82, 2.24) is 0 Å². The van der Waals surface area contributed by atoms with E-state index in [0.29, 0.717) is 0 Å². The summed E-state index contributed by atoms with van der Waals surface area (Å²) in [5.74, 6) is 0. The van der Waals surface area contributed by atoms with Gasteiger partial charge in [-0.1, -0.05) is 212 Å². The Morgan fingerprint density at radius 3 is 1.57 bits per heavy atom. The normalized spacial score (nSPS) is 12.6. The molecule has 12 aromatic rings. The van der Waals surface area contributed by atoms with Crippen LogP contribution in [0.25, 0.3) is 75.5 Å². The molecule has 314 valence electrons. The van der Waals surface area contributed by atoms with E-state index in [-0.39, 0.29) is 0 Å². The topological polar surface area (TPSA) is 3.24 Å². The van der Waals surface area contributed by atoms with Crippen LogP contribution in [0, 0.1) is 0 Å². The maximum absolute atomic E-state index is 2.43. The molecule has 0 radical (unpaired) electrons. The zero-order chi connectivity index (χ0) is 44.3. The lowest BCUT2D eigenvalue weighted by atomic mass is 9.67. The van der Waals surface area contributed by atoms with Crippen LogP contribution < -0.4 is 4.90 Å². The molecule has 0 saturated carbocycles. The molecule has 13 rings (SSSR count). The lowest BCUT2D eigenvalue weighted by Crippen LogP contribution is -2.28. The molecule has 0 unspecified atom stereocenters. The third-order valence-electron chi connectivity index (χ3n) is 14.0. The number of hydrogen-bond donors (Lipinski definition) is 0. The molecule has 1 heterocycles. The number of para-hydroxylation sites is 1. The van der Waals surface area contributed by atoms with Crippen LogP contribution in [0.15, 0.2) is 261 Å². The largest absolute Gasteiger partial charge is 0.310 e. The number of rotatable bonds is 8. The van der Waals surface area contributed by atoms with E-state index in [1.54, 1.807) is 0 Å². The maximum atomic E-state index is 2.43. The number of thiophene rings is 1. The monoisotopic (exact) mass is 869 g/mol. The maximum Gasteiger partial charge on any atom is 0.0713 e. The molecular weight excluding hydrogens is 827 g/mol. The van der Waals surface area contributed by atoms with Crippen molar-refractivity contribution in [1.29, 1.82) is 0 Å². The van der Waals surface area contributed by atoms with Crippen molar-refractivity contribution in [3.8, 4) is 44.5 Å². The molecule has 0 bridgehead atoms. The molecule has 0 saturated heterocycles. The molecule has 0 N–H and O–H groups in total. The number of nitrogens with zero attached hydrogens (tertiary/aromatic N) is 1. The van der Waals surface area contributed by atoms with Crippen LogP contribution in [0.1, 0.15) is 22.3 Å². The minimum Gasteiger partial charge on any atom is -0.310 e. The molecule has 2 heteroatoms. The standard InChI is InChI=1S/C65H43NS/c1-3-19-48(20-4-1)65(49-21-5-2-6-22-49)59-29-12-9-26-57(59)64-55(28-16-30-60(64)65)46-35-40-51(41-36-46)66(50-38-33-45(34-39-50)53-27-15-18-44-17-7-8-23-52(44)53)61-31-13-10-24-54(61)47-37-42-63-58(43-47)56-25-11-14-32-62(56)67-63/h1-43H. The predicted octanol–water partition coefficient (Wildman–Crippen LogP) is 18.0. The summed E-state index contributed by atoms with van der Waals surface area (Å²) >= 11 is 1.86. The van der Waals surface area contributed by atoms with Gasteiger partial charge in [0, 0.05) is 37.1 Å². The zero-order valence-electron chi connectivity index (χ0n) is 36.7. The second kappa shape index (κ2) is 16.0. The van der Waals surface area contributed by atoms with Crippen molar-refractivity contribution in [2.24, 2.45) is 0 Å². The molecule has 1 aliphatic rings. The molecule has 0 spiro atoms. The van der Waals surface area contributed by atoms with Crippen LogP contribution in [0.4, 0.5) is 17.1 Å². The van der Waals surface area contributed by atoms with Crippen LogP contribution in [0.2, 0.25) is 0 Å². The van der Waals surface area contributed by atoms with Crippen LogP contribution >= 0.6 is 11.3 Å². The molecule has 0 atom stereocenters. The Labute approximate surface area is 395 Å². The number of fused-ring (bicyclic) bond motifs is 7. The molecule has 1 nitrogen and oxygen atoms in total. The first kappa shape index (κ1) is 39.1. The first-order valence-corrected chi connectivity index (χ1v) is 23.9. The predicted molar refractivity (Wildman–Crippen MR) is 285 cm³/mol. The third kappa shape index (κ3) is 6.29. The van der Waals surface area contributed by atoms with Crippen molar-refractivity contribution in [2.45, 2.75) is 5.41 Å². The fourth-order valence-corrected chi connectivity index (χ4v) is 12.1. The molecule has 67 heavy (non-hydrogen) atoms. The highest BCUT2D eigenvalue weighted by molar-refractivity contribution is 7.25. The van der Waals surface area contributed by atoms with Crippen LogP contribution in [0.5, 0.6) is 0 Å². The van der Waals surface area contributed by atoms with Gasteiger partial charge < -0.3 is 4.90 Å². The number of hydrogen-bond acceptors (Lipinski definition) is 2. The molecule has 0 amide bonds. The zero-order valence-corrected chi connectivity index (χ0v) is 37.5. The fraction of sp³-hybridized carbons (Fsp3) is 0.0154. The molecule has 0 aliphatic heterocycles. The average Bonchev–Trinajstić information content (AvgIpc) is 3.93. The van der Waals surface area contributed by atoms with Gasteiger partial charge in [0.25, 0.3) is 0 Å². The Morgan fingerprint density at radius 1 is 0.313 bits per heavy atom. The van der Waals surface area contributed by atoms with E-state index in [9.17, 15) is 0 Å². The molecule has 0 fully saturated rings. The lowest BCUT2D eigenvalue weighted by molar-refractivity contribution is 0.768. The van der Waals surface area contributed by atoms with Gasteiger partial charge in [-0.3, -0.25) is 0 Å². The Balaban J connectivity index is 0.969. The second-order valence-electron chi connectivity index (χ2n) is 17.5. The molecule has 1 aliphatic carbocycles. The van der Waals surface area contributed by atoms with Crippen molar-refractivity contribution in [2.75, 3.05) is 4.90 Å². The van der Waals surface area contributed by atoms with Crippen molar-refractivity contribution >= 4 is 59.3 Å². The summed E-state index contributed by atoms with van der Waals surface area (Å²) < 4.78 is 2.62. The third-order valence-corrected chi connectivity index (χ3v) is 15.1. The first-order valence-electron chi connectivity index (χ1n) is 23.1. The smallest absolute Gasteiger partial charge is 0.0713 e. The second-order valence-corrected chi connectivity index (χ2v) is 18.6. The highest BCUT2D eigenvalue weighted by Crippen LogP contribution is 2.58. The SMILES string of the molecule is c1ccc(C2(c3ccccc3)c3ccccc3-c3c(-c4ccc(N(c5ccc(-c6cccc7ccccc67)cc5)c5ccccc5-c5ccc6sc7ccccc7c6c5)cc4)cccc32)cc1. The highest BCUT2D eigenvalue weighted by atomic mass is 32.1. The minimum absolute atomic E-state index is 0.457. The number of anilines is 3. The average molecular weight is 870 g/mol. The Bertz CT molecular complexity index is 3750. The van der Waals surface area contributed by atoms with Gasteiger partial charge in [0.2, 0.25) is 0 Å². The van der Waals surface area contributed by atoms with Crippen LogP contribution in [0.3, 0.4) is 0 Å². The van der Waals surface area contributed by atoms with Gasteiger partial charge in [0.1, 0.15) is 0 Å². The summed E-state index contributed by atoms with van der Waals surface area (Å²) in [5, 5.41) is 5.10. The Hall–Kier alpha value is -8.30. The minimum atomic E-state index is -0.457. The Morgan fingerprint density at radius 2 is 0.821 bits per heavy atom. The van der Waals surface area contributed by atoms with Gasteiger partial charge in [-0.2, -0.15) is 0 Å². The van der Waals surface area contributed by atoms with E-state index in [2.05, 4.69) is 266 Å². The van der Waals surface area contributed by atoms with E-state index in [1.807, 2.05) is 11.3 Å². The number of benzene rings is 11. The van der Waals surface area contributed by atoms with Gasteiger partial charge in [0.15, 0.2) is 0 Å². The highest BCUT2D eigenvalue weighted by Gasteiger charge is 2.46. The summed E-state index contributed by atoms with van der Waals surface area (Å²) in [6.45, 7) is 0. The van der Waals surface area contributed by atoms with Gasteiger partial charge in [0.05, 0.1) is 11.1 Å². The first-order chi connectivity index (χ1) is 33.2. The van der Waals surface area contributed by atoms with Crippen molar-refractivity contribution < 1.29 is 0 Å².